The summed E-state index contributed by atoms with van der Waals surface area (Å²) in [5.74, 6) is 0.167. The molecule has 38 heavy (non-hydrogen) atoms. The molecule has 2 heterocycles. The van der Waals surface area contributed by atoms with Gasteiger partial charge in [0.25, 0.3) is 0 Å². The van der Waals surface area contributed by atoms with Gasteiger partial charge < -0.3 is 19.4 Å². The number of benzene rings is 2. The van der Waals surface area contributed by atoms with Crippen LogP contribution >= 0.6 is 23.1 Å². The van der Waals surface area contributed by atoms with E-state index in [1.165, 1.54) is 42.3 Å². The van der Waals surface area contributed by atoms with E-state index >= 15 is 0 Å². The van der Waals surface area contributed by atoms with E-state index in [1.807, 2.05) is 49.6 Å². The molecule has 2 aromatic heterocycles. The summed E-state index contributed by atoms with van der Waals surface area (Å²) in [6, 6.07) is 13.6. The molecule has 8 nitrogen and oxygen atoms in total. The third-order valence-electron chi connectivity index (χ3n) is 5.65. The molecular formula is C27H27FN4O4S2. The molecule has 0 bridgehead atoms. The lowest BCUT2D eigenvalue weighted by Crippen LogP contribution is -2.17. The molecule has 1 atom stereocenters. The molecule has 1 amide bonds. The molecule has 1 unspecified atom stereocenters. The predicted molar refractivity (Wildman–Crippen MR) is 146 cm³/mol. The largest absolute Gasteiger partial charge is 0.483 e. The molecule has 0 spiro atoms. The zero-order chi connectivity index (χ0) is 27.2. The van der Waals surface area contributed by atoms with Crippen LogP contribution in [0.3, 0.4) is 0 Å². The SMILES string of the molecule is CCn1c(SCC(=O)Nc2scc(-c3ccc(F)cc3)c2C(=O)OC)nnc1C(C)Oc1cccc(C)c1. The minimum absolute atomic E-state index is 0.0512. The lowest BCUT2D eigenvalue weighted by molar-refractivity contribution is -0.113. The molecule has 198 valence electrons. The number of nitrogens with one attached hydrogen (secondary N) is 1. The highest BCUT2D eigenvalue weighted by Gasteiger charge is 2.23. The van der Waals surface area contributed by atoms with Gasteiger partial charge in [0.2, 0.25) is 5.91 Å². The first-order valence-electron chi connectivity index (χ1n) is 11.9. The van der Waals surface area contributed by atoms with E-state index in [2.05, 4.69) is 15.5 Å². The Bertz CT molecular complexity index is 1440. The fraction of sp³-hybridized carbons (Fsp3) is 0.259. The number of hydrogen-bond acceptors (Lipinski definition) is 8. The van der Waals surface area contributed by atoms with Crippen LogP contribution in [-0.4, -0.2) is 39.5 Å². The Morgan fingerprint density at radius 2 is 1.95 bits per heavy atom. The number of aryl methyl sites for hydroxylation is 1. The van der Waals surface area contributed by atoms with Crippen molar-refractivity contribution in [3.8, 4) is 16.9 Å². The topological polar surface area (TPSA) is 95.3 Å². The summed E-state index contributed by atoms with van der Waals surface area (Å²) < 4.78 is 26.3. The Balaban J connectivity index is 1.45. The molecule has 0 aliphatic carbocycles. The molecule has 0 fully saturated rings. The molecule has 0 saturated heterocycles. The highest BCUT2D eigenvalue weighted by Crippen LogP contribution is 2.36. The van der Waals surface area contributed by atoms with Crippen molar-refractivity contribution < 1.29 is 23.5 Å². The Labute approximate surface area is 228 Å². The van der Waals surface area contributed by atoms with Crippen LogP contribution in [0, 0.1) is 12.7 Å². The number of anilines is 1. The quantitative estimate of drug-likeness (QED) is 0.186. The number of esters is 1. The highest BCUT2D eigenvalue weighted by molar-refractivity contribution is 7.99. The third-order valence-corrected chi connectivity index (χ3v) is 7.51. The standard InChI is InChI=1S/C27H27FN4O4S2/c1-5-32-24(17(3)36-20-8-6-7-16(2)13-20)30-31-27(32)38-15-22(33)29-25-23(26(34)35-4)21(14-37-25)18-9-11-19(28)12-10-18/h6-14,17H,5,15H2,1-4H3,(H,29,33). The van der Waals surface area contributed by atoms with Gasteiger partial charge in [0.05, 0.1) is 12.9 Å². The first-order chi connectivity index (χ1) is 18.3. The minimum Gasteiger partial charge on any atom is -0.483 e. The fourth-order valence-electron chi connectivity index (χ4n) is 3.84. The number of ether oxygens (including phenoxy) is 2. The summed E-state index contributed by atoms with van der Waals surface area (Å²) in [7, 11) is 1.27. The van der Waals surface area contributed by atoms with Crippen LogP contribution in [0.4, 0.5) is 9.39 Å². The maximum Gasteiger partial charge on any atom is 0.341 e. The van der Waals surface area contributed by atoms with Crippen LogP contribution in [-0.2, 0) is 16.1 Å². The van der Waals surface area contributed by atoms with Gasteiger partial charge in [0.1, 0.15) is 22.1 Å². The van der Waals surface area contributed by atoms with Gasteiger partial charge in [-0.3, -0.25) is 4.79 Å². The zero-order valence-corrected chi connectivity index (χ0v) is 23.0. The minimum atomic E-state index is -0.591. The second-order valence-corrected chi connectivity index (χ2v) is 10.2. The summed E-state index contributed by atoms with van der Waals surface area (Å²) in [6.07, 6.45) is -0.342. The van der Waals surface area contributed by atoms with Gasteiger partial charge in [0.15, 0.2) is 17.1 Å². The van der Waals surface area contributed by atoms with Crippen molar-refractivity contribution in [3.05, 3.63) is 76.7 Å². The van der Waals surface area contributed by atoms with E-state index in [9.17, 15) is 14.0 Å². The smallest absolute Gasteiger partial charge is 0.341 e. The summed E-state index contributed by atoms with van der Waals surface area (Å²) in [6.45, 7) is 6.48. The number of hydrogen-bond donors (Lipinski definition) is 1. The van der Waals surface area contributed by atoms with Gasteiger partial charge in [0, 0.05) is 17.5 Å². The van der Waals surface area contributed by atoms with E-state index < -0.39 is 5.97 Å². The average molecular weight is 555 g/mol. The second kappa shape index (κ2) is 12.2. The predicted octanol–water partition coefficient (Wildman–Crippen LogP) is 6.13. The molecule has 2 aromatic carbocycles. The fourth-order valence-corrected chi connectivity index (χ4v) is 5.62. The number of thioether (sulfide) groups is 1. The van der Waals surface area contributed by atoms with Gasteiger partial charge >= 0.3 is 5.97 Å². The monoisotopic (exact) mass is 554 g/mol. The number of carbonyl (C=O) groups excluding carboxylic acids is 2. The summed E-state index contributed by atoms with van der Waals surface area (Å²) in [5, 5.41) is 14.1. The molecule has 0 radical (unpaired) electrons. The summed E-state index contributed by atoms with van der Waals surface area (Å²) >= 11 is 2.44. The van der Waals surface area contributed by atoms with Crippen molar-refractivity contribution in [3.63, 3.8) is 0 Å². The number of rotatable bonds is 10. The van der Waals surface area contributed by atoms with E-state index in [1.54, 1.807) is 17.5 Å². The van der Waals surface area contributed by atoms with Crippen molar-refractivity contribution in [2.24, 2.45) is 0 Å². The molecule has 1 N–H and O–H groups in total. The lowest BCUT2D eigenvalue weighted by Gasteiger charge is -2.16. The van der Waals surface area contributed by atoms with Crippen molar-refractivity contribution in [1.29, 1.82) is 0 Å². The van der Waals surface area contributed by atoms with Crippen LogP contribution in [0.1, 0.15) is 41.7 Å². The Morgan fingerprint density at radius 3 is 2.63 bits per heavy atom. The first-order valence-corrected chi connectivity index (χ1v) is 13.7. The van der Waals surface area contributed by atoms with Crippen LogP contribution in [0.25, 0.3) is 11.1 Å². The maximum atomic E-state index is 13.4. The van der Waals surface area contributed by atoms with Crippen molar-refractivity contribution in [2.75, 3.05) is 18.2 Å². The Hall–Kier alpha value is -3.70. The van der Waals surface area contributed by atoms with Gasteiger partial charge in [-0.15, -0.1) is 21.5 Å². The molecule has 0 aliphatic heterocycles. The highest BCUT2D eigenvalue weighted by atomic mass is 32.2. The van der Waals surface area contributed by atoms with Gasteiger partial charge in [-0.25, -0.2) is 9.18 Å². The van der Waals surface area contributed by atoms with Crippen molar-refractivity contribution in [2.45, 2.75) is 38.6 Å². The van der Waals surface area contributed by atoms with Crippen LogP contribution < -0.4 is 10.1 Å². The van der Waals surface area contributed by atoms with Crippen LogP contribution in [0.2, 0.25) is 0 Å². The Kier molecular flexibility index (Phi) is 8.80. The number of thiophene rings is 1. The molecule has 0 saturated carbocycles. The Morgan fingerprint density at radius 1 is 1.18 bits per heavy atom. The van der Waals surface area contributed by atoms with Crippen LogP contribution in [0.15, 0.2) is 59.1 Å². The molecule has 11 heteroatoms. The number of aromatic nitrogens is 3. The van der Waals surface area contributed by atoms with Gasteiger partial charge in [-0.2, -0.15) is 0 Å². The number of nitrogens with zero attached hydrogens (tertiary/aromatic N) is 3. The average Bonchev–Trinajstić information content (AvgIpc) is 3.51. The van der Waals surface area contributed by atoms with Crippen molar-refractivity contribution in [1.82, 2.24) is 14.8 Å². The molecule has 4 rings (SSSR count). The molecule has 0 aliphatic rings. The maximum absolute atomic E-state index is 13.4. The summed E-state index contributed by atoms with van der Waals surface area (Å²) in [4.78, 5) is 25.4. The normalized spacial score (nSPS) is 11.7. The van der Waals surface area contributed by atoms with Gasteiger partial charge in [-0.1, -0.05) is 36.0 Å². The lowest BCUT2D eigenvalue weighted by atomic mass is 10.0. The number of amides is 1. The molecular weight excluding hydrogens is 527 g/mol. The zero-order valence-electron chi connectivity index (χ0n) is 21.4. The number of halogens is 1. The van der Waals surface area contributed by atoms with E-state index in [0.717, 1.165) is 11.3 Å². The van der Waals surface area contributed by atoms with E-state index in [4.69, 9.17) is 9.47 Å². The second-order valence-electron chi connectivity index (χ2n) is 8.35. The van der Waals surface area contributed by atoms with Crippen LogP contribution in [0.5, 0.6) is 5.75 Å². The summed E-state index contributed by atoms with van der Waals surface area (Å²) in [5.41, 5.74) is 2.52. The number of carbonyl (C=O) groups is 2. The molecule has 4 aromatic rings. The van der Waals surface area contributed by atoms with Crippen molar-refractivity contribution >= 4 is 40.0 Å². The number of methoxy groups -OCH3 is 1. The van der Waals surface area contributed by atoms with Gasteiger partial charge in [-0.05, 0) is 56.2 Å². The van der Waals surface area contributed by atoms with E-state index in [-0.39, 0.29) is 29.1 Å². The van der Waals surface area contributed by atoms with E-state index in [0.29, 0.717) is 33.7 Å². The third kappa shape index (κ3) is 6.22. The first kappa shape index (κ1) is 27.3.